The highest BCUT2D eigenvalue weighted by Crippen LogP contribution is 2.62. The zero-order valence-corrected chi connectivity index (χ0v) is 41.2. The number of thiophene rings is 1. The maximum atomic E-state index is 16.5. The molecule has 13 nitrogen and oxygen atoms in total. The summed E-state index contributed by atoms with van der Waals surface area (Å²) in [6.07, 6.45) is 2.58. The normalized spacial score (nSPS) is 22.2. The van der Waals surface area contributed by atoms with Crippen molar-refractivity contribution in [2.75, 3.05) is 57.4 Å². The first-order chi connectivity index (χ1) is 31.1. The number of carbonyl (C=O) groups excluding carboxylic acids is 5. The molecule has 3 fully saturated rings. The summed E-state index contributed by atoms with van der Waals surface area (Å²) >= 11 is 3.21. The largest absolute Gasteiger partial charge is 0.369 e. The van der Waals surface area contributed by atoms with Gasteiger partial charge in [-0.25, -0.2) is 4.39 Å². The van der Waals surface area contributed by atoms with Gasteiger partial charge in [-0.3, -0.25) is 28.5 Å². The Kier molecular flexibility index (Phi) is 18.3. The molecule has 3 amide bonds. The number of fused-ring (bicyclic) bond motifs is 2. The summed E-state index contributed by atoms with van der Waals surface area (Å²) in [4.78, 5) is 73.3. The Morgan fingerprint density at radius 2 is 1.58 bits per heavy atom. The summed E-state index contributed by atoms with van der Waals surface area (Å²) in [7, 11) is -4.48. The van der Waals surface area contributed by atoms with E-state index in [0.29, 0.717) is 61.8 Å². The number of rotatable bonds is 19. The average molecular weight is 970 g/mol. The fourth-order valence-corrected chi connectivity index (χ4v) is 13.2. The van der Waals surface area contributed by atoms with Gasteiger partial charge in [-0.05, 0) is 72.4 Å². The van der Waals surface area contributed by atoms with E-state index in [-0.39, 0.29) is 100 Å². The Hall–Kier alpha value is -3.62. The zero-order chi connectivity index (χ0) is 46.8. The van der Waals surface area contributed by atoms with Crippen molar-refractivity contribution >= 4 is 80.5 Å². The van der Waals surface area contributed by atoms with Gasteiger partial charge in [-0.1, -0.05) is 94.5 Å². The molecule has 6 atom stereocenters. The lowest BCUT2D eigenvalue weighted by atomic mass is 9.90. The van der Waals surface area contributed by atoms with Gasteiger partial charge >= 0.3 is 7.60 Å². The quantitative estimate of drug-likeness (QED) is 0.0899. The summed E-state index contributed by atoms with van der Waals surface area (Å²) in [5.74, 6) is -3.04. The standard InChI is InChI=1S/C47H61FN5O8PS3/c1-6-51-17-16-36-13-14-39(47(58)52-27-35(26-49)37(28-52)32-10-8-7-9-11-32)53(36)46(57)38(29-51)50-45(56)41-25-34-24-33(12-15-40(34)65-41)44(48)62(59,60-18-20-63-42(54)22-30(2)3)61-19-21-64-43(55)23-31(4)5/h7-12,15,24-25,30-31,35-39,44H,6,13-14,16-23,27-29H2,1-5H3,(H,50,56)/t35-,36-,37+,38+,39+,44-/m1/s1. The second kappa shape index (κ2) is 23.4. The summed E-state index contributed by atoms with van der Waals surface area (Å²) in [6, 6.07) is 16.5. The first-order valence-electron chi connectivity index (χ1n) is 22.6. The van der Waals surface area contributed by atoms with E-state index in [1.54, 1.807) is 21.9 Å². The van der Waals surface area contributed by atoms with E-state index in [0.717, 1.165) is 29.1 Å². The molecule has 4 heterocycles. The number of carbonyl (C=O) groups is 5. The van der Waals surface area contributed by atoms with Crippen LogP contribution >= 0.6 is 42.5 Å². The van der Waals surface area contributed by atoms with Gasteiger partial charge in [0.1, 0.15) is 12.1 Å². The molecule has 3 aliphatic rings. The lowest BCUT2D eigenvalue weighted by molar-refractivity contribution is -0.147. The van der Waals surface area contributed by atoms with Crippen LogP contribution in [0.25, 0.3) is 10.1 Å². The van der Waals surface area contributed by atoms with Gasteiger partial charge in [0.15, 0.2) is 10.2 Å². The van der Waals surface area contributed by atoms with Crippen LogP contribution < -0.4 is 5.32 Å². The third-order valence-corrected chi connectivity index (χ3v) is 16.8. The van der Waals surface area contributed by atoms with Crippen molar-refractivity contribution in [1.82, 2.24) is 20.0 Å². The Morgan fingerprint density at radius 3 is 2.20 bits per heavy atom. The van der Waals surface area contributed by atoms with Crippen LogP contribution in [0.5, 0.6) is 0 Å². The number of likely N-dealkylation sites (N-methyl/N-ethyl adjacent to an activating group) is 1. The molecular weight excluding hydrogens is 909 g/mol. The number of amides is 3. The highest BCUT2D eigenvalue weighted by molar-refractivity contribution is 8.13. The molecule has 0 aliphatic carbocycles. The van der Waals surface area contributed by atoms with Crippen LogP contribution in [0.15, 0.2) is 54.6 Å². The Balaban J connectivity index is 1.16. The van der Waals surface area contributed by atoms with Crippen molar-refractivity contribution in [3.8, 4) is 6.07 Å². The van der Waals surface area contributed by atoms with Gasteiger partial charge in [0.2, 0.25) is 17.7 Å². The molecule has 3 saturated heterocycles. The number of hydrogen-bond acceptors (Lipinski definition) is 13. The second-order valence-electron chi connectivity index (χ2n) is 17.8. The van der Waals surface area contributed by atoms with Crippen LogP contribution in [-0.2, 0) is 32.8 Å². The molecule has 2 aromatic carbocycles. The molecule has 6 rings (SSSR count). The van der Waals surface area contributed by atoms with Gasteiger partial charge in [0.25, 0.3) is 5.91 Å². The van der Waals surface area contributed by atoms with Crippen molar-refractivity contribution < 1.29 is 42.0 Å². The minimum Gasteiger partial charge on any atom is -0.339 e. The summed E-state index contributed by atoms with van der Waals surface area (Å²) in [5.41, 5.74) is 1.01. The van der Waals surface area contributed by atoms with Gasteiger partial charge < -0.3 is 29.1 Å². The number of nitrogens with one attached hydrogen (secondary N) is 1. The van der Waals surface area contributed by atoms with Crippen molar-refractivity contribution in [3.05, 3.63) is 70.6 Å². The van der Waals surface area contributed by atoms with E-state index in [4.69, 9.17) is 9.05 Å². The van der Waals surface area contributed by atoms with Crippen LogP contribution in [0.4, 0.5) is 4.39 Å². The molecule has 0 saturated carbocycles. The minimum atomic E-state index is -4.48. The molecule has 65 heavy (non-hydrogen) atoms. The lowest BCUT2D eigenvalue weighted by Crippen LogP contribution is -2.60. The molecule has 0 radical (unpaired) electrons. The molecule has 18 heteroatoms. The van der Waals surface area contributed by atoms with E-state index in [1.807, 2.05) is 65.0 Å². The first-order valence-corrected chi connectivity index (χ1v) is 27.0. The highest BCUT2D eigenvalue weighted by Gasteiger charge is 2.48. The smallest absolute Gasteiger partial charge is 0.339 e. The van der Waals surface area contributed by atoms with Crippen LogP contribution in [0, 0.1) is 29.1 Å². The third-order valence-electron chi connectivity index (χ3n) is 12.0. The van der Waals surface area contributed by atoms with E-state index in [9.17, 15) is 33.8 Å². The maximum absolute atomic E-state index is 16.5. The third kappa shape index (κ3) is 13.1. The number of nitriles is 1. The predicted molar refractivity (Wildman–Crippen MR) is 256 cm³/mol. The van der Waals surface area contributed by atoms with Gasteiger partial charge in [-0.15, -0.1) is 11.3 Å². The van der Waals surface area contributed by atoms with E-state index < -0.39 is 31.5 Å². The fraction of sp³-hybridized carbons (Fsp3) is 0.574. The molecule has 1 N–H and O–H groups in total. The molecule has 352 valence electrons. The van der Waals surface area contributed by atoms with Crippen LogP contribution in [0.1, 0.15) is 99.4 Å². The molecule has 0 bridgehead atoms. The van der Waals surface area contributed by atoms with Crippen molar-refractivity contribution in [1.29, 1.82) is 5.26 Å². The van der Waals surface area contributed by atoms with Crippen LogP contribution in [0.2, 0.25) is 0 Å². The van der Waals surface area contributed by atoms with E-state index in [2.05, 4.69) is 16.3 Å². The Morgan fingerprint density at radius 1 is 0.923 bits per heavy atom. The zero-order valence-electron chi connectivity index (χ0n) is 37.8. The van der Waals surface area contributed by atoms with Crippen LogP contribution in [0.3, 0.4) is 0 Å². The summed E-state index contributed by atoms with van der Waals surface area (Å²) < 4.78 is 42.5. The molecule has 0 unspecified atom stereocenters. The number of nitrogens with zero attached hydrogens (tertiary/aromatic N) is 4. The number of hydrogen-bond donors (Lipinski definition) is 1. The van der Waals surface area contributed by atoms with Gasteiger partial charge in [-0.2, -0.15) is 5.26 Å². The van der Waals surface area contributed by atoms with Crippen molar-refractivity contribution in [3.63, 3.8) is 0 Å². The predicted octanol–water partition coefficient (Wildman–Crippen LogP) is 8.66. The summed E-state index contributed by atoms with van der Waals surface area (Å²) in [5, 5.41) is 13.4. The highest BCUT2D eigenvalue weighted by atomic mass is 32.2. The van der Waals surface area contributed by atoms with E-state index in [1.165, 1.54) is 23.5 Å². The maximum Gasteiger partial charge on any atom is 0.369 e. The molecular formula is C47H61FN5O8PS3. The lowest BCUT2D eigenvalue weighted by Gasteiger charge is -2.39. The molecule has 1 aromatic heterocycles. The second-order valence-corrected chi connectivity index (χ2v) is 23.2. The number of alkyl halides is 1. The minimum absolute atomic E-state index is 0.0106. The topological polar surface area (TPSA) is 166 Å². The number of benzene rings is 2. The fourth-order valence-electron chi connectivity index (χ4n) is 8.77. The van der Waals surface area contributed by atoms with Crippen LogP contribution in [-0.4, -0.2) is 118 Å². The van der Waals surface area contributed by atoms with Gasteiger partial charge in [0, 0.05) is 67.2 Å². The monoisotopic (exact) mass is 969 g/mol. The number of thioether (sulfide) groups is 2. The average Bonchev–Trinajstić information content (AvgIpc) is 4.03. The number of halogens is 1. The SMILES string of the molecule is CCN1CC[C@H]2CC[C@@H](C(=O)N3C[C@@H](C#N)[C@H](c4ccccc4)C3)N2C(=O)[C@@H](NC(=O)c2cc3cc([C@H](F)P(=O)(OCCSC(=O)CC(C)C)OCCSC(=O)CC(C)C)ccc3s2)C1. The number of likely N-dealkylation sites (tertiary alicyclic amines) is 1. The van der Waals surface area contributed by atoms with Crippen molar-refractivity contribution in [2.45, 2.75) is 96.7 Å². The van der Waals surface area contributed by atoms with Crippen molar-refractivity contribution in [2.24, 2.45) is 17.8 Å². The Bertz CT molecular complexity index is 2220. The Labute approximate surface area is 394 Å². The molecule has 3 aromatic rings. The van der Waals surface area contributed by atoms with Gasteiger partial charge in [0.05, 0.1) is 30.1 Å². The first kappa shape index (κ1) is 50.8. The molecule has 0 spiro atoms. The molecule has 3 aliphatic heterocycles. The summed E-state index contributed by atoms with van der Waals surface area (Å²) in [6.45, 7) is 11.6. The van der Waals surface area contributed by atoms with E-state index >= 15 is 4.39 Å².